The summed E-state index contributed by atoms with van der Waals surface area (Å²) in [6.45, 7) is 2.25. The molecule has 1 aromatic carbocycles. The Labute approximate surface area is 126 Å². The quantitative estimate of drug-likeness (QED) is 0.629. The largest absolute Gasteiger partial charge is 0.294 e. The van der Waals surface area contributed by atoms with Crippen molar-refractivity contribution in [3.8, 4) is 0 Å². The van der Waals surface area contributed by atoms with Gasteiger partial charge in [0.2, 0.25) is 0 Å². The first-order chi connectivity index (χ1) is 8.61. The number of Topliss-reactive ketones (excluding diaryl/α,β-unsaturated/α-hetero) is 1. The molecule has 0 bridgehead atoms. The van der Waals surface area contributed by atoms with Crippen LogP contribution in [0.5, 0.6) is 0 Å². The molecule has 0 amide bonds. The molecule has 1 aliphatic rings. The molecular weight excluding hydrogens is 356 g/mol. The Balaban J connectivity index is 2.10. The van der Waals surface area contributed by atoms with E-state index < -0.39 is 0 Å². The zero-order valence-electron chi connectivity index (χ0n) is 10.6. The Kier molecular flexibility index (Phi) is 5.02. The van der Waals surface area contributed by atoms with E-state index in [9.17, 15) is 4.79 Å². The molecule has 1 fully saturated rings. The lowest BCUT2D eigenvalue weighted by molar-refractivity contribution is 0.0870. The molecule has 0 saturated heterocycles. The van der Waals surface area contributed by atoms with E-state index in [1.54, 1.807) is 0 Å². The number of halogens is 2. The van der Waals surface area contributed by atoms with Crippen molar-refractivity contribution in [3.63, 3.8) is 0 Å². The third-order valence-electron chi connectivity index (χ3n) is 3.99. The second-order valence-corrected chi connectivity index (χ2v) is 6.88. The number of ketones is 1. The van der Waals surface area contributed by atoms with Gasteiger partial charge < -0.3 is 0 Å². The van der Waals surface area contributed by atoms with Crippen LogP contribution < -0.4 is 0 Å². The summed E-state index contributed by atoms with van der Waals surface area (Å²) in [4.78, 5) is 12.5. The highest BCUT2D eigenvalue weighted by Crippen LogP contribution is 2.34. The Morgan fingerprint density at radius 1 is 1.22 bits per heavy atom. The smallest absolute Gasteiger partial charge is 0.167 e. The lowest BCUT2D eigenvalue weighted by atomic mass is 9.78. The Bertz CT molecular complexity index is 434. The van der Waals surface area contributed by atoms with Crippen LogP contribution in [0.25, 0.3) is 0 Å². The molecule has 2 rings (SSSR count). The van der Waals surface area contributed by atoms with Gasteiger partial charge in [-0.25, -0.2) is 0 Å². The van der Waals surface area contributed by atoms with Crippen LogP contribution in [0.4, 0.5) is 0 Å². The molecule has 1 aliphatic carbocycles. The number of hydrogen-bond acceptors (Lipinski definition) is 1. The van der Waals surface area contributed by atoms with E-state index >= 15 is 0 Å². The zero-order chi connectivity index (χ0) is 13.1. The Morgan fingerprint density at radius 2 is 1.89 bits per heavy atom. The van der Waals surface area contributed by atoms with Crippen LogP contribution in [0.2, 0.25) is 0 Å². The van der Waals surface area contributed by atoms with Gasteiger partial charge in [0.05, 0.1) is 0 Å². The number of benzene rings is 1. The summed E-state index contributed by atoms with van der Waals surface area (Å²) in [5, 5.41) is 0. The summed E-state index contributed by atoms with van der Waals surface area (Å²) in [6.07, 6.45) is 5.77. The van der Waals surface area contributed by atoms with Crippen molar-refractivity contribution in [2.45, 2.75) is 39.0 Å². The van der Waals surface area contributed by atoms with Gasteiger partial charge in [0.1, 0.15) is 0 Å². The van der Waals surface area contributed by atoms with E-state index in [4.69, 9.17) is 0 Å². The minimum absolute atomic E-state index is 0.221. The SMILES string of the molecule is CCC1CCC(C(=O)c2cc(Br)ccc2Br)CC1. The molecule has 0 radical (unpaired) electrons. The summed E-state index contributed by atoms with van der Waals surface area (Å²) < 4.78 is 1.88. The third-order valence-corrected chi connectivity index (χ3v) is 5.17. The zero-order valence-corrected chi connectivity index (χ0v) is 13.8. The highest BCUT2D eigenvalue weighted by atomic mass is 79.9. The minimum Gasteiger partial charge on any atom is -0.294 e. The normalized spacial score (nSPS) is 23.9. The first-order valence-corrected chi connectivity index (χ1v) is 8.19. The fourth-order valence-electron chi connectivity index (χ4n) is 2.74. The maximum Gasteiger partial charge on any atom is 0.167 e. The molecule has 0 aromatic heterocycles. The number of carbonyl (C=O) groups excluding carboxylic acids is 1. The van der Waals surface area contributed by atoms with E-state index in [1.165, 1.54) is 19.3 Å². The van der Waals surface area contributed by atoms with Gasteiger partial charge in [-0.2, -0.15) is 0 Å². The maximum absolute atomic E-state index is 12.5. The van der Waals surface area contributed by atoms with Crippen molar-refractivity contribution in [1.29, 1.82) is 0 Å². The van der Waals surface area contributed by atoms with Crippen LogP contribution in [0.1, 0.15) is 49.4 Å². The molecule has 0 unspecified atom stereocenters. The minimum atomic E-state index is 0.221. The van der Waals surface area contributed by atoms with Crippen molar-refractivity contribution >= 4 is 37.6 Å². The molecular formula is C15H18Br2O. The summed E-state index contributed by atoms with van der Waals surface area (Å²) in [5.41, 5.74) is 0.823. The van der Waals surface area contributed by atoms with Crippen LogP contribution in [0, 0.1) is 11.8 Å². The summed E-state index contributed by atoms with van der Waals surface area (Å²) in [7, 11) is 0. The van der Waals surface area contributed by atoms with Gasteiger partial charge in [-0.05, 0) is 49.8 Å². The standard InChI is InChI=1S/C15H18Br2O/c1-2-10-3-5-11(6-4-10)15(18)13-9-12(16)7-8-14(13)17/h7-11H,2-6H2,1H3. The van der Waals surface area contributed by atoms with Gasteiger partial charge in [-0.1, -0.05) is 45.2 Å². The summed E-state index contributed by atoms with van der Waals surface area (Å²) in [6, 6.07) is 5.82. The van der Waals surface area contributed by atoms with Crippen molar-refractivity contribution in [2.75, 3.05) is 0 Å². The number of carbonyl (C=O) groups is 1. The first kappa shape index (κ1) is 14.3. The fourth-order valence-corrected chi connectivity index (χ4v) is 3.54. The molecule has 98 valence electrons. The number of rotatable bonds is 3. The second kappa shape index (κ2) is 6.33. The van der Waals surface area contributed by atoms with Crippen LogP contribution in [-0.2, 0) is 0 Å². The predicted molar refractivity (Wildman–Crippen MR) is 81.9 cm³/mol. The Morgan fingerprint density at radius 3 is 2.50 bits per heavy atom. The average molecular weight is 374 g/mol. The molecule has 1 saturated carbocycles. The van der Waals surface area contributed by atoms with Crippen LogP contribution in [0.15, 0.2) is 27.1 Å². The molecule has 1 nitrogen and oxygen atoms in total. The molecule has 3 heteroatoms. The molecule has 18 heavy (non-hydrogen) atoms. The predicted octanol–water partition coefficient (Wildman–Crippen LogP) is 5.61. The summed E-state index contributed by atoms with van der Waals surface area (Å²) in [5.74, 6) is 1.36. The van der Waals surface area contributed by atoms with Gasteiger partial charge in [-0.3, -0.25) is 4.79 Å². The topological polar surface area (TPSA) is 17.1 Å². The van der Waals surface area contributed by atoms with E-state index in [-0.39, 0.29) is 5.92 Å². The van der Waals surface area contributed by atoms with E-state index in [0.717, 1.165) is 33.3 Å². The van der Waals surface area contributed by atoms with Gasteiger partial charge in [0.25, 0.3) is 0 Å². The molecule has 0 spiro atoms. The van der Waals surface area contributed by atoms with Crippen molar-refractivity contribution < 1.29 is 4.79 Å². The van der Waals surface area contributed by atoms with E-state index in [2.05, 4.69) is 38.8 Å². The van der Waals surface area contributed by atoms with Crippen molar-refractivity contribution in [1.82, 2.24) is 0 Å². The fraction of sp³-hybridized carbons (Fsp3) is 0.533. The molecule has 0 aliphatic heterocycles. The monoisotopic (exact) mass is 372 g/mol. The second-order valence-electron chi connectivity index (χ2n) is 5.11. The highest BCUT2D eigenvalue weighted by Gasteiger charge is 2.27. The Hall–Kier alpha value is -0.150. The molecule has 0 heterocycles. The molecule has 0 N–H and O–H groups in total. The van der Waals surface area contributed by atoms with Crippen LogP contribution in [0.3, 0.4) is 0 Å². The van der Waals surface area contributed by atoms with Gasteiger partial charge in [-0.15, -0.1) is 0 Å². The van der Waals surface area contributed by atoms with Crippen LogP contribution >= 0.6 is 31.9 Å². The molecule has 1 aromatic rings. The summed E-state index contributed by atoms with van der Waals surface area (Å²) >= 11 is 6.92. The highest BCUT2D eigenvalue weighted by molar-refractivity contribution is 9.11. The van der Waals surface area contributed by atoms with E-state index in [1.807, 2.05) is 18.2 Å². The molecule has 0 atom stereocenters. The van der Waals surface area contributed by atoms with Crippen molar-refractivity contribution in [3.05, 3.63) is 32.7 Å². The van der Waals surface area contributed by atoms with Crippen LogP contribution in [-0.4, -0.2) is 5.78 Å². The first-order valence-electron chi connectivity index (χ1n) is 6.61. The van der Waals surface area contributed by atoms with Gasteiger partial charge in [0.15, 0.2) is 5.78 Å². The number of hydrogen-bond donors (Lipinski definition) is 0. The van der Waals surface area contributed by atoms with Gasteiger partial charge in [0, 0.05) is 20.4 Å². The third kappa shape index (κ3) is 3.24. The van der Waals surface area contributed by atoms with E-state index in [0.29, 0.717) is 5.78 Å². The average Bonchev–Trinajstić information content (AvgIpc) is 2.41. The van der Waals surface area contributed by atoms with Crippen molar-refractivity contribution in [2.24, 2.45) is 11.8 Å². The maximum atomic E-state index is 12.5. The lowest BCUT2D eigenvalue weighted by Crippen LogP contribution is -2.22. The lowest BCUT2D eigenvalue weighted by Gasteiger charge is -2.27. The van der Waals surface area contributed by atoms with Gasteiger partial charge >= 0.3 is 0 Å².